The number of imidazole rings is 1. The summed E-state index contributed by atoms with van der Waals surface area (Å²) in [7, 11) is 3.79. The van der Waals surface area contributed by atoms with Crippen LogP contribution in [0.3, 0.4) is 0 Å². The largest absolute Gasteiger partial charge is 0.444 e. The number of amides is 3. The van der Waals surface area contributed by atoms with Crippen molar-refractivity contribution in [2.24, 2.45) is 18.9 Å². The Kier molecular flexibility index (Phi) is 13.4. The number of likely N-dealkylation sites (N-methyl/N-ethyl adjacent to an activating group) is 1. The predicted octanol–water partition coefficient (Wildman–Crippen LogP) is 6.80. The summed E-state index contributed by atoms with van der Waals surface area (Å²) in [6, 6.07) is 8.81. The van der Waals surface area contributed by atoms with Crippen molar-refractivity contribution in [1.82, 2.24) is 39.1 Å². The second-order valence-corrected chi connectivity index (χ2v) is 17.2. The molecule has 2 aliphatic carbocycles. The number of alkyl halides is 2. The molecule has 1 unspecified atom stereocenters. The van der Waals surface area contributed by atoms with E-state index in [1.165, 1.54) is 29.9 Å². The summed E-state index contributed by atoms with van der Waals surface area (Å²) in [5.41, 5.74) is 3.40. The van der Waals surface area contributed by atoms with Gasteiger partial charge in [-0.3, -0.25) is 38.5 Å². The number of piperidine rings is 1. The van der Waals surface area contributed by atoms with Crippen molar-refractivity contribution >= 4 is 34.4 Å². The van der Waals surface area contributed by atoms with Crippen LogP contribution in [0.15, 0.2) is 58.2 Å². The van der Waals surface area contributed by atoms with Gasteiger partial charge in [-0.1, -0.05) is 18.9 Å². The number of carbonyl (C=O) groups is 3. The second-order valence-electron chi connectivity index (χ2n) is 17.2. The SMILES string of the molecule is CN(CCOCCCCc1ccc2c(c1)n(C)c(=O)n2C1CCC(=O)NC1=O)CC1CCC(n2cc(NC(=O)c3coc(-c4ccnc(CCC5CC5)c4)n3)c(C(F)F)n2)CC1. The second kappa shape index (κ2) is 19.2. The lowest BCUT2D eigenvalue weighted by molar-refractivity contribution is -0.135. The summed E-state index contributed by atoms with van der Waals surface area (Å²) in [5.74, 6) is 0.114. The molecule has 3 amide bonds. The molecular formula is C45H55F2N9O6. The molecule has 0 spiro atoms. The maximum Gasteiger partial charge on any atom is 0.329 e. The van der Waals surface area contributed by atoms with E-state index in [1.807, 2.05) is 24.3 Å². The lowest BCUT2D eigenvalue weighted by Crippen LogP contribution is -2.44. The topological polar surface area (TPSA) is 171 Å². The van der Waals surface area contributed by atoms with Gasteiger partial charge >= 0.3 is 5.69 Å². The number of aromatic nitrogens is 6. The van der Waals surface area contributed by atoms with E-state index < -0.39 is 30.0 Å². The molecule has 0 radical (unpaired) electrons. The van der Waals surface area contributed by atoms with Crippen molar-refractivity contribution in [3.05, 3.63) is 82.1 Å². The van der Waals surface area contributed by atoms with E-state index in [4.69, 9.17) is 9.15 Å². The number of benzene rings is 1. The maximum absolute atomic E-state index is 14.1. The van der Waals surface area contributed by atoms with E-state index in [0.717, 1.165) is 93.6 Å². The molecule has 8 rings (SSSR count). The zero-order valence-corrected chi connectivity index (χ0v) is 35.4. The Hall–Kier alpha value is -5.55. The molecule has 5 aromatic rings. The molecule has 2 saturated carbocycles. The molecule has 0 bridgehead atoms. The van der Waals surface area contributed by atoms with Crippen molar-refractivity contribution in [1.29, 1.82) is 0 Å². The summed E-state index contributed by atoms with van der Waals surface area (Å²) < 4.78 is 44.5. The number of oxazole rings is 1. The maximum atomic E-state index is 14.1. The van der Waals surface area contributed by atoms with Crippen LogP contribution in [0.5, 0.6) is 0 Å². The Morgan fingerprint density at radius 3 is 2.58 bits per heavy atom. The summed E-state index contributed by atoms with van der Waals surface area (Å²) in [6.45, 7) is 2.97. The Bertz CT molecular complexity index is 2440. The first kappa shape index (κ1) is 43.1. The van der Waals surface area contributed by atoms with Gasteiger partial charge in [0, 0.05) is 56.8 Å². The number of fused-ring (bicyclic) bond motifs is 1. The monoisotopic (exact) mass is 855 g/mol. The van der Waals surface area contributed by atoms with E-state index >= 15 is 0 Å². The molecule has 1 atom stereocenters. The predicted molar refractivity (Wildman–Crippen MR) is 227 cm³/mol. The molecule has 330 valence electrons. The Morgan fingerprint density at radius 1 is 1.00 bits per heavy atom. The highest BCUT2D eigenvalue weighted by Gasteiger charge is 2.32. The standard InChI is InChI=1S/C45H55F2N9O6/c1-53(20-22-61-21-4-3-5-29-11-15-36-38(23-29)54(2)45(60)56(36)37-16-17-39(57)51-43(37)59)25-30-9-13-33(14-10-30)55-26-34(40(52-55)41(46)47)49-42(58)35-27-62-44(50-35)31-18-19-48-32(24-31)12-8-28-6-7-28/h11,15,18-19,23-24,26-28,30,33,37,41H,3-10,12-14,16-17,20-22,25H2,1-2H3,(H,49,58)(H,51,57,59). The minimum Gasteiger partial charge on any atom is -0.444 e. The lowest BCUT2D eigenvalue weighted by Gasteiger charge is -2.31. The van der Waals surface area contributed by atoms with Crippen LogP contribution >= 0.6 is 0 Å². The zero-order chi connectivity index (χ0) is 43.3. The molecule has 3 fully saturated rings. The van der Waals surface area contributed by atoms with Crippen LogP contribution in [0.2, 0.25) is 0 Å². The quantitative estimate of drug-likeness (QED) is 0.0665. The van der Waals surface area contributed by atoms with E-state index in [1.54, 1.807) is 28.6 Å². The molecule has 62 heavy (non-hydrogen) atoms. The van der Waals surface area contributed by atoms with Crippen LogP contribution in [-0.4, -0.2) is 84.9 Å². The highest BCUT2D eigenvalue weighted by Crippen LogP contribution is 2.36. The van der Waals surface area contributed by atoms with Gasteiger partial charge in [0.2, 0.25) is 17.7 Å². The number of imide groups is 1. The Balaban J connectivity index is 0.740. The van der Waals surface area contributed by atoms with Gasteiger partial charge in [-0.15, -0.1) is 0 Å². The third kappa shape index (κ3) is 10.2. The van der Waals surface area contributed by atoms with Crippen LogP contribution < -0.4 is 16.3 Å². The number of unbranched alkanes of at least 4 members (excludes halogenated alkanes) is 1. The highest BCUT2D eigenvalue weighted by molar-refractivity contribution is 6.03. The van der Waals surface area contributed by atoms with Gasteiger partial charge in [0.05, 0.1) is 29.4 Å². The summed E-state index contributed by atoms with van der Waals surface area (Å²) in [6.07, 6.45) is 12.7. The molecule has 1 aliphatic heterocycles. The van der Waals surface area contributed by atoms with E-state index in [0.29, 0.717) is 36.6 Å². The number of carbonyl (C=O) groups excluding carboxylic acids is 3. The number of halogens is 2. The number of anilines is 1. The Morgan fingerprint density at radius 2 is 1.81 bits per heavy atom. The zero-order valence-electron chi connectivity index (χ0n) is 35.4. The van der Waals surface area contributed by atoms with Crippen molar-refractivity contribution < 1.29 is 32.3 Å². The first-order chi connectivity index (χ1) is 30.0. The van der Waals surface area contributed by atoms with Crippen LogP contribution in [0, 0.1) is 11.8 Å². The Labute approximate surface area is 358 Å². The van der Waals surface area contributed by atoms with Gasteiger partial charge in [0.15, 0.2) is 11.4 Å². The molecule has 1 saturated heterocycles. The lowest BCUT2D eigenvalue weighted by atomic mass is 9.86. The number of nitrogens with one attached hydrogen (secondary N) is 2. The fraction of sp³-hybridized carbons (Fsp3) is 0.533. The van der Waals surface area contributed by atoms with Crippen molar-refractivity contribution in [2.75, 3.05) is 38.7 Å². The number of ether oxygens (including phenoxy) is 1. The molecule has 3 aliphatic rings. The minimum absolute atomic E-state index is 0.0113. The van der Waals surface area contributed by atoms with E-state index in [9.17, 15) is 28.0 Å². The fourth-order valence-electron chi connectivity index (χ4n) is 8.83. The van der Waals surface area contributed by atoms with Gasteiger partial charge in [-0.05, 0) is 113 Å². The summed E-state index contributed by atoms with van der Waals surface area (Å²) >= 11 is 0. The number of rotatable bonds is 19. The highest BCUT2D eigenvalue weighted by atomic mass is 19.3. The van der Waals surface area contributed by atoms with Crippen LogP contribution in [0.1, 0.15) is 117 Å². The third-order valence-electron chi connectivity index (χ3n) is 12.6. The van der Waals surface area contributed by atoms with Crippen molar-refractivity contribution in [3.63, 3.8) is 0 Å². The summed E-state index contributed by atoms with van der Waals surface area (Å²) in [4.78, 5) is 61.4. The third-order valence-corrected chi connectivity index (χ3v) is 12.6. The van der Waals surface area contributed by atoms with Gasteiger partial charge in [0.25, 0.3) is 12.3 Å². The average Bonchev–Trinajstić information content (AvgIpc) is 3.68. The minimum atomic E-state index is -2.86. The van der Waals surface area contributed by atoms with Crippen LogP contribution in [0.4, 0.5) is 14.5 Å². The number of pyridine rings is 1. The molecule has 2 N–H and O–H groups in total. The van der Waals surface area contributed by atoms with Crippen LogP contribution in [0.25, 0.3) is 22.5 Å². The van der Waals surface area contributed by atoms with Gasteiger partial charge < -0.3 is 19.4 Å². The number of nitrogens with zero attached hydrogens (tertiary/aromatic N) is 7. The van der Waals surface area contributed by atoms with Gasteiger partial charge in [-0.25, -0.2) is 18.6 Å². The molecular weight excluding hydrogens is 801 g/mol. The average molecular weight is 856 g/mol. The summed E-state index contributed by atoms with van der Waals surface area (Å²) in [5, 5.41) is 9.17. The normalized spacial score (nSPS) is 19.5. The van der Waals surface area contributed by atoms with E-state index in [2.05, 4.69) is 37.6 Å². The number of hydrogen-bond donors (Lipinski definition) is 2. The smallest absolute Gasteiger partial charge is 0.329 e. The fourth-order valence-corrected chi connectivity index (χ4v) is 8.83. The van der Waals surface area contributed by atoms with E-state index in [-0.39, 0.29) is 41.3 Å². The molecule has 1 aromatic carbocycles. The van der Waals surface area contributed by atoms with Gasteiger partial charge in [0.1, 0.15) is 12.3 Å². The first-order valence-electron chi connectivity index (χ1n) is 21.9. The molecule has 15 nitrogen and oxygen atoms in total. The molecule has 5 heterocycles. The van der Waals surface area contributed by atoms with Crippen molar-refractivity contribution in [2.45, 2.75) is 102 Å². The molecule has 4 aromatic heterocycles. The van der Waals surface area contributed by atoms with Crippen LogP contribution in [-0.2, 0) is 34.2 Å². The number of hydrogen-bond acceptors (Lipinski definition) is 10. The molecule has 17 heteroatoms. The first-order valence-corrected chi connectivity index (χ1v) is 21.9. The number of aryl methyl sites for hydroxylation is 3. The van der Waals surface area contributed by atoms with Crippen molar-refractivity contribution in [3.8, 4) is 11.5 Å². The van der Waals surface area contributed by atoms with Gasteiger partial charge in [-0.2, -0.15) is 5.10 Å².